The number of nitrogens with zero attached hydrogens (tertiary/aromatic N) is 1. The van der Waals surface area contributed by atoms with E-state index in [1.807, 2.05) is 54.6 Å². The van der Waals surface area contributed by atoms with Gasteiger partial charge in [0.1, 0.15) is 11.5 Å². The van der Waals surface area contributed by atoms with Gasteiger partial charge in [0, 0.05) is 12.8 Å². The molecule has 4 heteroatoms. The van der Waals surface area contributed by atoms with E-state index in [4.69, 9.17) is 4.74 Å². The molecule has 4 nitrogen and oxygen atoms in total. The summed E-state index contributed by atoms with van der Waals surface area (Å²) in [7, 11) is 0. The zero-order chi connectivity index (χ0) is 13.8. The lowest BCUT2D eigenvalue weighted by molar-refractivity contribution is -0.121. The van der Waals surface area contributed by atoms with Crippen molar-refractivity contribution in [3.8, 4) is 11.5 Å². The van der Waals surface area contributed by atoms with Crippen molar-refractivity contribution in [2.24, 2.45) is 5.10 Å². The van der Waals surface area contributed by atoms with Crippen LogP contribution >= 0.6 is 0 Å². The van der Waals surface area contributed by atoms with Gasteiger partial charge in [-0.05, 0) is 42.0 Å². The number of rotatable bonds is 3. The van der Waals surface area contributed by atoms with Crippen molar-refractivity contribution in [1.82, 2.24) is 5.43 Å². The maximum absolute atomic E-state index is 11.1. The van der Waals surface area contributed by atoms with Crippen LogP contribution in [0.1, 0.15) is 18.4 Å². The minimum absolute atomic E-state index is 0.0298. The molecule has 100 valence electrons. The van der Waals surface area contributed by atoms with Crippen LogP contribution in [0.25, 0.3) is 0 Å². The van der Waals surface area contributed by atoms with Gasteiger partial charge in [-0.3, -0.25) is 4.79 Å². The van der Waals surface area contributed by atoms with E-state index in [9.17, 15) is 4.79 Å². The predicted molar refractivity (Wildman–Crippen MR) is 76.9 cm³/mol. The molecular formula is C16H14N2O2. The topological polar surface area (TPSA) is 50.7 Å². The van der Waals surface area contributed by atoms with Crippen LogP contribution in [0.3, 0.4) is 0 Å². The van der Waals surface area contributed by atoms with Crippen LogP contribution in [0.2, 0.25) is 0 Å². The second kappa shape index (κ2) is 5.57. The first-order valence-corrected chi connectivity index (χ1v) is 6.50. The number of carbonyl (C=O) groups excluding carboxylic acids is 1. The molecule has 0 bridgehead atoms. The van der Waals surface area contributed by atoms with Crippen LogP contribution in [0.15, 0.2) is 59.7 Å². The molecule has 0 aliphatic carbocycles. The van der Waals surface area contributed by atoms with Crippen LogP contribution in [0, 0.1) is 0 Å². The van der Waals surface area contributed by atoms with Gasteiger partial charge in [0.2, 0.25) is 5.91 Å². The number of carbonyl (C=O) groups is 1. The Labute approximate surface area is 117 Å². The Bertz CT molecular complexity index is 633. The fourth-order valence-corrected chi connectivity index (χ4v) is 2.02. The Kier molecular flexibility index (Phi) is 3.46. The predicted octanol–water partition coefficient (Wildman–Crippen LogP) is 3.09. The van der Waals surface area contributed by atoms with Gasteiger partial charge in [0.15, 0.2) is 0 Å². The molecule has 0 spiro atoms. The molecule has 3 rings (SSSR count). The van der Waals surface area contributed by atoms with Crippen molar-refractivity contribution in [2.75, 3.05) is 0 Å². The Morgan fingerprint density at radius 1 is 0.900 bits per heavy atom. The lowest BCUT2D eigenvalue weighted by atomic mass is 10.0. The number of hydrogen-bond donors (Lipinski definition) is 1. The number of ether oxygens (including phenoxy) is 1. The van der Waals surface area contributed by atoms with Gasteiger partial charge in [-0.25, -0.2) is 5.43 Å². The van der Waals surface area contributed by atoms with Gasteiger partial charge in [-0.15, -0.1) is 0 Å². The number of hydrazone groups is 1. The Morgan fingerprint density at radius 3 is 2.25 bits per heavy atom. The Balaban J connectivity index is 1.73. The highest BCUT2D eigenvalue weighted by molar-refractivity contribution is 6.04. The number of hydrogen-bond acceptors (Lipinski definition) is 3. The van der Waals surface area contributed by atoms with Gasteiger partial charge in [-0.2, -0.15) is 5.10 Å². The fourth-order valence-electron chi connectivity index (χ4n) is 2.02. The summed E-state index contributed by atoms with van der Waals surface area (Å²) in [4.78, 5) is 11.1. The molecule has 2 aromatic rings. The minimum Gasteiger partial charge on any atom is -0.457 e. The summed E-state index contributed by atoms with van der Waals surface area (Å²) in [6, 6.07) is 17.4. The first-order valence-electron chi connectivity index (χ1n) is 6.50. The maximum atomic E-state index is 11.1. The number of nitrogens with one attached hydrogen (secondary N) is 1. The van der Waals surface area contributed by atoms with Crippen molar-refractivity contribution >= 4 is 11.6 Å². The highest BCUT2D eigenvalue weighted by atomic mass is 16.5. The van der Waals surface area contributed by atoms with E-state index in [0.717, 1.165) is 22.8 Å². The molecule has 1 aliphatic heterocycles. The average molecular weight is 266 g/mol. The van der Waals surface area contributed by atoms with E-state index in [1.54, 1.807) is 0 Å². The fraction of sp³-hybridized carbons (Fsp3) is 0.125. The van der Waals surface area contributed by atoms with E-state index in [2.05, 4.69) is 10.5 Å². The molecule has 1 amide bonds. The van der Waals surface area contributed by atoms with Crippen LogP contribution in [0.4, 0.5) is 0 Å². The Morgan fingerprint density at radius 2 is 1.60 bits per heavy atom. The molecule has 0 aromatic heterocycles. The second-order valence-corrected chi connectivity index (χ2v) is 4.53. The highest BCUT2D eigenvalue weighted by Gasteiger charge is 2.13. The van der Waals surface area contributed by atoms with Crippen molar-refractivity contribution in [3.63, 3.8) is 0 Å². The van der Waals surface area contributed by atoms with Gasteiger partial charge in [0.25, 0.3) is 0 Å². The molecule has 0 atom stereocenters. The lowest BCUT2D eigenvalue weighted by Gasteiger charge is -2.12. The van der Waals surface area contributed by atoms with E-state index in [-0.39, 0.29) is 5.91 Å². The van der Waals surface area contributed by atoms with E-state index >= 15 is 0 Å². The quantitative estimate of drug-likeness (QED) is 0.928. The number of para-hydroxylation sites is 1. The van der Waals surface area contributed by atoms with Gasteiger partial charge in [-0.1, -0.05) is 18.2 Å². The third-order valence-corrected chi connectivity index (χ3v) is 3.07. The van der Waals surface area contributed by atoms with Crippen molar-refractivity contribution < 1.29 is 9.53 Å². The minimum atomic E-state index is -0.0298. The van der Waals surface area contributed by atoms with Gasteiger partial charge >= 0.3 is 0 Å². The third-order valence-electron chi connectivity index (χ3n) is 3.07. The summed E-state index contributed by atoms with van der Waals surface area (Å²) in [6.45, 7) is 0. The van der Waals surface area contributed by atoms with Crippen molar-refractivity contribution in [3.05, 3.63) is 60.2 Å². The largest absolute Gasteiger partial charge is 0.457 e. The van der Waals surface area contributed by atoms with E-state index < -0.39 is 0 Å². The normalized spacial score (nSPS) is 14.4. The molecule has 0 saturated heterocycles. The summed E-state index contributed by atoms with van der Waals surface area (Å²) in [6.07, 6.45) is 1.16. The van der Waals surface area contributed by atoms with Crippen molar-refractivity contribution in [1.29, 1.82) is 0 Å². The van der Waals surface area contributed by atoms with E-state index in [1.165, 1.54) is 0 Å². The number of benzene rings is 2. The van der Waals surface area contributed by atoms with Crippen LogP contribution in [-0.4, -0.2) is 11.6 Å². The zero-order valence-corrected chi connectivity index (χ0v) is 10.9. The first-order chi connectivity index (χ1) is 9.81. The van der Waals surface area contributed by atoms with Crippen molar-refractivity contribution in [2.45, 2.75) is 12.8 Å². The van der Waals surface area contributed by atoms with Crippen LogP contribution in [-0.2, 0) is 4.79 Å². The average Bonchev–Trinajstić information content (AvgIpc) is 2.50. The Hall–Kier alpha value is -2.62. The molecular weight excluding hydrogens is 252 g/mol. The summed E-state index contributed by atoms with van der Waals surface area (Å²) in [5.41, 5.74) is 4.41. The second-order valence-electron chi connectivity index (χ2n) is 4.53. The molecule has 0 unspecified atom stereocenters. The highest BCUT2D eigenvalue weighted by Crippen LogP contribution is 2.22. The monoisotopic (exact) mass is 266 g/mol. The summed E-state index contributed by atoms with van der Waals surface area (Å²) in [5, 5.41) is 4.07. The molecule has 2 aromatic carbocycles. The molecule has 20 heavy (non-hydrogen) atoms. The third kappa shape index (κ3) is 2.85. The number of amides is 1. The molecule has 1 N–H and O–H groups in total. The summed E-state index contributed by atoms with van der Waals surface area (Å²) in [5.74, 6) is 1.56. The molecule has 0 fully saturated rings. The molecule has 0 saturated carbocycles. The lowest BCUT2D eigenvalue weighted by Crippen LogP contribution is -2.25. The first kappa shape index (κ1) is 12.4. The summed E-state index contributed by atoms with van der Waals surface area (Å²) < 4.78 is 5.73. The standard InChI is InChI=1S/C16H14N2O2/c19-16-11-10-15(17-18-16)12-6-8-14(9-7-12)20-13-4-2-1-3-5-13/h1-9H,10-11H2,(H,18,19). The SMILES string of the molecule is O=C1CCC(c2ccc(Oc3ccccc3)cc2)=NN1. The van der Waals surface area contributed by atoms with Crippen LogP contribution in [0.5, 0.6) is 11.5 Å². The van der Waals surface area contributed by atoms with Gasteiger partial charge < -0.3 is 4.74 Å². The smallest absolute Gasteiger partial charge is 0.240 e. The maximum Gasteiger partial charge on any atom is 0.240 e. The molecule has 1 heterocycles. The molecule has 1 aliphatic rings. The summed E-state index contributed by atoms with van der Waals surface area (Å²) >= 11 is 0. The van der Waals surface area contributed by atoms with Crippen LogP contribution < -0.4 is 10.2 Å². The van der Waals surface area contributed by atoms with E-state index in [0.29, 0.717) is 12.8 Å². The van der Waals surface area contributed by atoms with Gasteiger partial charge in [0.05, 0.1) is 5.71 Å². The molecule has 0 radical (unpaired) electrons. The zero-order valence-electron chi connectivity index (χ0n) is 10.9.